The first-order valence-corrected chi connectivity index (χ1v) is 5.03. The second-order valence-corrected chi connectivity index (χ2v) is 3.59. The minimum Gasteiger partial charge on any atom is -0.477 e. The van der Waals surface area contributed by atoms with Crippen LogP contribution in [0.1, 0.15) is 28.8 Å². The second-order valence-electron chi connectivity index (χ2n) is 3.59. The Labute approximate surface area is 98.9 Å². The highest BCUT2D eigenvalue weighted by molar-refractivity contribution is 5.86. The van der Waals surface area contributed by atoms with Crippen LogP contribution in [0.2, 0.25) is 0 Å². The van der Waals surface area contributed by atoms with Gasteiger partial charge in [0.15, 0.2) is 11.3 Å². The fourth-order valence-corrected chi connectivity index (χ4v) is 1.49. The molecule has 18 heavy (non-hydrogen) atoms. The molecule has 96 valence electrons. The summed E-state index contributed by atoms with van der Waals surface area (Å²) in [5.41, 5.74) is -1.45. The Bertz CT molecular complexity index is 619. The van der Waals surface area contributed by atoms with E-state index in [1.54, 1.807) is 6.92 Å². The van der Waals surface area contributed by atoms with Crippen molar-refractivity contribution in [1.82, 2.24) is 14.6 Å². The zero-order chi connectivity index (χ0) is 13.5. The lowest BCUT2D eigenvalue weighted by Gasteiger charge is -2.07. The molecule has 0 aliphatic heterocycles. The van der Waals surface area contributed by atoms with E-state index in [9.17, 15) is 18.0 Å². The van der Waals surface area contributed by atoms with E-state index in [0.29, 0.717) is 18.2 Å². The number of fused-ring (bicyclic) bond motifs is 1. The molecule has 2 aromatic heterocycles. The van der Waals surface area contributed by atoms with Gasteiger partial charge in [-0.3, -0.25) is 0 Å². The average molecular weight is 259 g/mol. The van der Waals surface area contributed by atoms with Crippen molar-refractivity contribution >= 4 is 11.6 Å². The van der Waals surface area contributed by atoms with E-state index in [0.717, 1.165) is 4.52 Å². The SMILES string of the molecule is CCc1cc2nc(C(F)(F)F)cc(C(=O)O)n2n1. The smallest absolute Gasteiger partial charge is 0.433 e. The Balaban J connectivity index is 2.76. The number of nitrogens with zero attached hydrogens (tertiary/aromatic N) is 3. The number of alkyl halides is 3. The number of aromatic carboxylic acids is 1. The highest BCUT2D eigenvalue weighted by atomic mass is 19.4. The number of carbonyl (C=O) groups is 1. The number of rotatable bonds is 2. The number of carboxylic acids is 1. The Kier molecular flexibility index (Phi) is 2.72. The maximum atomic E-state index is 12.6. The predicted octanol–water partition coefficient (Wildman–Crippen LogP) is 2.01. The third kappa shape index (κ3) is 2.01. The lowest BCUT2D eigenvalue weighted by atomic mass is 10.3. The molecule has 0 aromatic carbocycles. The van der Waals surface area contributed by atoms with Crippen LogP contribution in [0.5, 0.6) is 0 Å². The molecule has 0 spiro atoms. The quantitative estimate of drug-likeness (QED) is 0.895. The summed E-state index contributed by atoms with van der Waals surface area (Å²) >= 11 is 0. The first-order chi connectivity index (χ1) is 8.32. The van der Waals surface area contributed by atoms with Gasteiger partial charge >= 0.3 is 12.1 Å². The standard InChI is InChI=1S/C10H8F3N3O2/c1-2-5-3-8-14-7(10(11,12)13)4-6(9(17)18)16(8)15-5/h3-4H,2H2,1H3,(H,17,18). The van der Waals surface area contributed by atoms with Crippen LogP contribution in [0.15, 0.2) is 12.1 Å². The summed E-state index contributed by atoms with van der Waals surface area (Å²) in [5.74, 6) is -1.49. The first kappa shape index (κ1) is 12.3. The molecule has 0 aliphatic rings. The fraction of sp³-hybridized carbons (Fsp3) is 0.300. The van der Waals surface area contributed by atoms with Crippen molar-refractivity contribution < 1.29 is 23.1 Å². The Morgan fingerprint density at radius 1 is 1.44 bits per heavy atom. The van der Waals surface area contributed by atoms with Gasteiger partial charge in [0, 0.05) is 12.1 Å². The van der Waals surface area contributed by atoms with Gasteiger partial charge < -0.3 is 5.11 Å². The van der Waals surface area contributed by atoms with Crippen molar-refractivity contribution in [2.75, 3.05) is 0 Å². The minimum absolute atomic E-state index is 0.126. The molecule has 0 fully saturated rings. The average Bonchev–Trinajstić information content (AvgIpc) is 2.68. The molecule has 0 bridgehead atoms. The Hall–Kier alpha value is -2.12. The van der Waals surface area contributed by atoms with Crippen LogP contribution < -0.4 is 0 Å². The number of halogens is 3. The van der Waals surface area contributed by atoms with Crippen LogP contribution in [-0.4, -0.2) is 25.7 Å². The molecule has 2 aromatic rings. The number of carboxylic acid groups (broad SMARTS) is 1. The molecule has 0 aliphatic carbocycles. The Morgan fingerprint density at radius 3 is 2.61 bits per heavy atom. The maximum absolute atomic E-state index is 12.6. The van der Waals surface area contributed by atoms with Gasteiger partial charge in [-0.2, -0.15) is 18.3 Å². The predicted molar refractivity (Wildman–Crippen MR) is 54.3 cm³/mol. The third-order valence-corrected chi connectivity index (χ3v) is 2.35. The summed E-state index contributed by atoms with van der Waals surface area (Å²) in [6.07, 6.45) is -4.22. The first-order valence-electron chi connectivity index (χ1n) is 5.03. The third-order valence-electron chi connectivity index (χ3n) is 2.35. The fourth-order valence-electron chi connectivity index (χ4n) is 1.49. The molecule has 0 saturated heterocycles. The highest BCUT2D eigenvalue weighted by Crippen LogP contribution is 2.28. The number of aromatic nitrogens is 3. The molecule has 5 nitrogen and oxygen atoms in total. The zero-order valence-corrected chi connectivity index (χ0v) is 9.19. The largest absolute Gasteiger partial charge is 0.477 e. The molecular formula is C10H8F3N3O2. The van der Waals surface area contributed by atoms with Gasteiger partial charge in [0.05, 0.1) is 5.69 Å². The topological polar surface area (TPSA) is 67.5 Å². The van der Waals surface area contributed by atoms with Crippen LogP contribution in [0.25, 0.3) is 5.65 Å². The van der Waals surface area contributed by atoms with Crippen molar-refractivity contribution in [1.29, 1.82) is 0 Å². The van der Waals surface area contributed by atoms with E-state index >= 15 is 0 Å². The van der Waals surface area contributed by atoms with Crippen molar-refractivity contribution in [2.45, 2.75) is 19.5 Å². The number of aryl methyl sites for hydroxylation is 1. The molecule has 2 rings (SSSR count). The summed E-state index contributed by atoms with van der Waals surface area (Å²) in [4.78, 5) is 14.3. The molecule has 1 N–H and O–H groups in total. The van der Waals surface area contributed by atoms with Crippen molar-refractivity contribution in [3.63, 3.8) is 0 Å². The summed E-state index contributed by atoms with van der Waals surface area (Å²) in [6, 6.07) is 1.81. The van der Waals surface area contributed by atoms with E-state index in [1.807, 2.05) is 0 Å². The van der Waals surface area contributed by atoms with Crippen LogP contribution in [0.3, 0.4) is 0 Å². The van der Waals surface area contributed by atoms with Crippen LogP contribution in [0.4, 0.5) is 13.2 Å². The monoisotopic (exact) mass is 259 g/mol. The van der Waals surface area contributed by atoms with Crippen LogP contribution >= 0.6 is 0 Å². The number of hydrogen-bond donors (Lipinski definition) is 1. The van der Waals surface area contributed by atoms with Gasteiger partial charge in [0.2, 0.25) is 0 Å². The lowest BCUT2D eigenvalue weighted by molar-refractivity contribution is -0.141. The maximum Gasteiger partial charge on any atom is 0.433 e. The van der Waals surface area contributed by atoms with Crippen LogP contribution in [0, 0.1) is 0 Å². The van der Waals surface area contributed by atoms with E-state index in [4.69, 9.17) is 5.11 Å². The van der Waals surface area contributed by atoms with E-state index in [2.05, 4.69) is 10.1 Å². The van der Waals surface area contributed by atoms with Gasteiger partial charge in [0.25, 0.3) is 0 Å². The lowest BCUT2D eigenvalue weighted by Crippen LogP contribution is -2.14. The second kappa shape index (κ2) is 3.97. The molecule has 0 atom stereocenters. The van der Waals surface area contributed by atoms with E-state index in [1.165, 1.54) is 6.07 Å². The van der Waals surface area contributed by atoms with Gasteiger partial charge in [-0.1, -0.05) is 6.92 Å². The normalized spacial score (nSPS) is 12.0. The highest BCUT2D eigenvalue weighted by Gasteiger charge is 2.34. The van der Waals surface area contributed by atoms with Crippen molar-refractivity contribution in [3.05, 3.63) is 29.2 Å². The molecule has 2 heterocycles. The van der Waals surface area contributed by atoms with Gasteiger partial charge in [-0.05, 0) is 6.42 Å². The molecule has 0 unspecified atom stereocenters. The van der Waals surface area contributed by atoms with Crippen molar-refractivity contribution in [2.24, 2.45) is 0 Å². The number of hydrogen-bond acceptors (Lipinski definition) is 3. The molecular weight excluding hydrogens is 251 g/mol. The molecule has 0 saturated carbocycles. The minimum atomic E-state index is -4.69. The molecule has 8 heteroatoms. The van der Waals surface area contributed by atoms with Crippen LogP contribution in [-0.2, 0) is 12.6 Å². The van der Waals surface area contributed by atoms with Crippen molar-refractivity contribution in [3.8, 4) is 0 Å². The molecule has 0 radical (unpaired) electrons. The summed E-state index contributed by atoms with van der Waals surface area (Å²) < 4.78 is 38.6. The Morgan fingerprint density at radius 2 is 2.11 bits per heavy atom. The molecule has 0 amide bonds. The van der Waals surface area contributed by atoms with E-state index in [-0.39, 0.29) is 5.65 Å². The summed E-state index contributed by atoms with van der Waals surface area (Å²) in [7, 11) is 0. The van der Waals surface area contributed by atoms with Gasteiger partial charge in [-0.25, -0.2) is 14.3 Å². The van der Waals surface area contributed by atoms with Gasteiger partial charge in [0.1, 0.15) is 5.69 Å². The summed E-state index contributed by atoms with van der Waals surface area (Å²) in [5, 5.41) is 12.8. The van der Waals surface area contributed by atoms with E-state index < -0.39 is 23.5 Å². The zero-order valence-electron chi connectivity index (χ0n) is 9.19. The van der Waals surface area contributed by atoms with Gasteiger partial charge in [-0.15, -0.1) is 0 Å². The summed E-state index contributed by atoms with van der Waals surface area (Å²) in [6.45, 7) is 1.76.